The Balaban J connectivity index is 1.49. The number of nitrogens with zero attached hydrogens (tertiary/aromatic N) is 2. The lowest BCUT2D eigenvalue weighted by Crippen LogP contribution is -2.28. The van der Waals surface area contributed by atoms with Crippen LogP contribution in [0.3, 0.4) is 0 Å². The molecule has 5 nitrogen and oxygen atoms in total. The highest BCUT2D eigenvalue weighted by atomic mass is 19.1. The molecule has 37 heavy (non-hydrogen) atoms. The normalized spacial score (nSPS) is 14.9. The van der Waals surface area contributed by atoms with Gasteiger partial charge >= 0.3 is 0 Å². The Bertz CT molecular complexity index is 1200. The molecule has 0 aromatic heterocycles. The average Bonchev–Trinajstić information content (AvgIpc) is 2.91. The van der Waals surface area contributed by atoms with E-state index in [1.54, 1.807) is 25.3 Å². The van der Waals surface area contributed by atoms with Crippen LogP contribution in [0.1, 0.15) is 48.4 Å². The molecule has 0 fully saturated rings. The van der Waals surface area contributed by atoms with Crippen molar-refractivity contribution in [3.8, 4) is 17.2 Å². The maximum atomic E-state index is 14.9. The number of anilines is 1. The highest BCUT2D eigenvalue weighted by molar-refractivity contribution is 5.59. The molecule has 1 atom stereocenters. The molecule has 1 aliphatic carbocycles. The smallest absolute Gasteiger partial charge is 0.165 e. The van der Waals surface area contributed by atoms with E-state index in [4.69, 9.17) is 9.47 Å². The van der Waals surface area contributed by atoms with E-state index in [-0.39, 0.29) is 5.82 Å². The minimum atomic E-state index is -0.330. The summed E-state index contributed by atoms with van der Waals surface area (Å²) >= 11 is 0. The van der Waals surface area contributed by atoms with Gasteiger partial charge in [-0.2, -0.15) is 0 Å². The lowest BCUT2D eigenvalue weighted by Gasteiger charge is -2.30. The van der Waals surface area contributed by atoms with E-state index < -0.39 is 0 Å². The van der Waals surface area contributed by atoms with Gasteiger partial charge in [-0.15, -0.1) is 0 Å². The zero-order valence-corrected chi connectivity index (χ0v) is 22.5. The molecule has 1 N–H and O–H groups in total. The van der Waals surface area contributed by atoms with E-state index in [1.165, 1.54) is 16.7 Å². The van der Waals surface area contributed by atoms with Crippen LogP contribution < -0.4 is 14.4 Å². The first-order chi connectivity index (χ1) is 17.9. The molecule has 0 heterocycles. The van der Waals surface area contributed by atoms with Crippen LogP contribution in [-0.2, 0) is 19.4 Å². The van der Waals surface area contributed by atoms with Crippen LogP contribution in [0.2, 0.25) is 0 Å². The van der Waals surface area contributed by atoms with E-state index >= 15 is 0 Å². The summed E-state index contributed by atoms with van der Waals surface area (Å²) in [5.74, 6) is 1.46. The summed E-state index contributed by atoms with van der Waals surface area (Å²) in [5.41, 5.74) is 5.76. The first kappa shape index (κ1) is 26.8. The third kappa shape index (κ3) is 6.55. The van der Waals surface area contributed by atoms with Crippen molar-refractivity contribution in [2.24, 2.45) is 0 Å². The largest absolute Gasteiger partial charge is 0.508 e. The van der Waals surface area contributed by atoms with E-state index in [1.807, 2.05) is 31.3 Å². The molecule has 198 valence electrons. The van der Waals surface area contributed by atoms with Gasteiger partial charge < -0.3 is 24.4 Å². The topological polar surface area (TPSA) is 45.2 Å². The number of benzene rings is 3. The number of methoxy groups -OCH3 is 1. The molecule has 3 aromatic rings. The number of aromatic hydroxyl groups is 1. The molecule has 0 saturated carbocycles. The summed E-state index contributed by atoms with van der Waals surface area (Å²) in [6, 6.07) is 17.2. The van der Waals surface area contributed by atoms with Crippen molar-refractivity contribution >= 4 is 5.69 Å². The second-order valence-corrected chi connectivity index (χ2v) is 9.81. The van der Waals surface area contributed by atoms with Gasteiger partial charge in [-0.05, 0) is 90.9 Å². The molecule has 4 rings (SSSR count). The van der Waals surface area contributed by atoms with E-state index in [9.17, 15) is 9.50 Å². The molecular weight excluding hydrogens is 467 g/mol. The van der Waals surface area contributed by atoms with Gasteiger partial charge in [-0.25, -0.2) is 4.39 Å². The molecule has 1 aliphatic rings. The maximum Gasteiger partial charge on any atom is 0.165 e. The van der Waals surface area contributed by atoms with Crippen molar-refractivity contribution in [2.45, 2.75) is 45.6 Å². The van der Waals surface area contributed by atoms with Gasteiger partial charge in [0.05, 0.1) is 7.11 Å². The number of aryl methyl sites for hydroxylation is 1. The molecular formula is C31H39FN2O3. The number of halogens is 1. The van der Waals surface area contributed by atoms with E-state index in [0.29, 0.717) is 30.6 Å². The number of rotatable bonds is 11. The molecule has 0 aliphatic heterocycles. The summed E-state index contributed by atoms with van der Waals surface area (Å²) in [6.07, 6.45) is 2.87. The Morgan fingerprint density at radius 2 is 1.81 bits per heavy atom. The van der Waals surface area contributed by atoms with Crippen LogP contribution in [0, 0.1) is 5.82 Å². The number of fused-ring (bicyclic) bond motifs is 1. The molecule has 0 bridgehead atoms. The van der Waals surface area contributed by atoms with Crippen molar-refractivity contribution < 1.29 is 19.0 Å². The standard InChI is InChI=1S/C31H39FN2O3/c1-5-34(6-2)15-16-37-31-14-7-22(17-29(31)32)21-33(3)30-20-27(36-4)12-13-28(30)25-9-8-24-19-26(35)11-10-23(24)18-25/h7,10-14,17,19-20,25,35H,5-6,8-9,15-16,18,21H2,1-4H3/t25-/m1/s1. The zero-order valence-electron chi connectivity index (χ0n) is 22.5. The highest BCUT2D eigenvalue weighted by Gasteiger charge is 2.24. The van der Waals surface area contributed by atoms with Crippen LogP contribution in [0.5, 0.6) is 17.2 Å². The number of ether oxygens (including phenoxy) is 2. The highest BCUT2D eigenvalue weighted by Crippen LogP contribution is 2.40. The van der Waals surface area contributed by atoms with Gasteiger partial charge in [0, 0.05) is 31.9 Å². The molecule has 0 unspecified atom stereocenters. The van der Waals surface area contributed by atoms with Gasteiger partial charge in [-0.3, -0.25) is 0 Å². The van der Waals surface area contributed by atoms with Gasteiger partial charge in [0.15, 0.2) is 11.6 Å². The molecule has 0 saturated heterocycles. The zero-order chi connectivity index (χ0) is 26.4. The first-order valence-electron chi connectivity index (χ1n) is 13.2. The minimum Gasteiger partial charge on any atom is -0.508 e. The number of phenols is 1. The van der Waals surface area contributed by atoms with Crippen LogP contribution >= 0.6 is 0 Å². The number of likely N-dealkylation sites (N-methyl/N-ethyl adjacent to an activating group) is 1. The summed E-state index contributed by atoms with van der Waals surface area (Å²) < 4.78 is 26.1. The molecule has 0 spiro atoms. The Morgan fingerprint density at radius 3 is 2.54 bits per heavy atom. The van der Waals surface area contributed by atoms with Gasteiger partial charge in [0.1, 0.15) is 18.1 Å². The Labute approximate surface area is 220 Å². The third-order valence-corrected chi connectivity index (χ3v) is 7.48. The molecule has 0 amide bonds. The fourth-order valence-electron chi connectivity index (χ4n) is 5.28. The second-order valence-electron chi connectivity index (χ2n) is 9.81. The second kappa shape index (κ2) is 12.3. The van der Waals surface area contributed by atoms with Crippen LogP contribution in [0.4, 0.5) is 10.1 Å². The van der Waals surface area contributed by atoms with Gasteiger partial charge in [0.25, 0.3) is 0 Å². The monoisotopic (exact) mass is 506 g/mol. The molecule has 6 heteroatoms. The number of phenolic OH excluding ortho intramolecular Hbond substituents is 1. The van der Waals surface area contributed by atoms with Crippen molar-refractivity contribution in [1.29, 1.82) is 0 Å². The molecule has 0 radical (unpaired) electrons. The van der Waals surface area contributed by atoms with Crippen LogP contribution in [-0.4, -0.2) is 50.4 Å². The Hall–Kier alpha value is -3.25. The third-order valence-electron chi connectivity index (χ3n) is 7.48. The van der Waals surface area contributed by atoms with Crippen LogP contribution in [0.25, 0.3) is 0 Å². The van der Waals surface area contributed by atoms with Crippen molar-refractivity contribution in [3.63, 3.8) is 0 Å². The Kier molecular flexibility index (Phi) is 8.93. The maximum absolute atomic E-state index is 14.9. The fourth-order valence-corrected chi connectivity index (χ4v) is 5.28. The fraction of sp³-hybridized carbons (Fsp3) is 0.419. The Morgan fingerprint density at radius 1 is 1.00 bits per heavy atom. The van der Waals surface area contributed by atoms with Gasteiger partial charge in [-0.1, -0.05) is 32.0 Å². The average molecular weight is 507 g/mol. The lowest BCUT2D eigenvalue weighted by molar-refractivity contribution is 0.217. The van der Waals surface area contributed by atoms with E-state index in [0.717, 1.165) is 55.9 Å². The summed E-state index contributed by atoms with van der Waals surface area (Å²) in [6.45, 7) is 7.95. The van der Waals surface area contributed by atoms with Gasteiger partial charge in [0.2, 0.25) is 0 Å². The van der Waals surface area contributed by atoms with Crippen molar-refractivity contribution in [3.05, 3.63) is 82.7 Å². The van der Waals surface area contributed by atoms with Crippen molar-refractivity contribution in [1.82, 2.24) is 4.90 Å². The summed E-state index contributed by atoms with van der Waals surface area (Å²) in [4.78, 5) is 4.42. The summed E-state index contributed by atoms with van der Waals surface area (Å²) in [5, 5.41) is 9.85. The number of hydrogen-bond acceptors (Lipinski definition) is 5. The van der Waals surface area contributed by atoms with E-state index in [2.05, 4.69) is 35.8 Å². The predicted octanol–water partition coefficient (Wildman–Crippen LogP) is 6.17. The number of hydrogen-bond donors (Lipinski definition) is 1. The van der Waals surface area contributed by atoms with Crippen molar-refractivity contribution in [2.75, 3.05) is 45.3 Å². The SMILES string of the molecule is CCN(CC)CCOc1ccc(CN(C)c2cc(OC)ccc2[C@@H]2CCc3cc(O)ccc3C2)cc1F. The molecule has 3 aromatic carbocycles. The first-order valence-corrected chi connectivity index (χ1v) is 13.2. The minimum absolute atomic E-state index is 0.299. The van der Waals surface area contributed by atoms with Crippen LogP contribution in [0.15, 0.2) is 54.6 Å². The summed E-state index contributed by atoms with van der Waals surface area (Å²) in [7, 11) is 3.72. The quantitative estimate of drug-likeness (QED) is 0.337. The predicted molar refractivity (Wildman–Crippen MR) is 148 cm³/mol. The lowest BCUT2D eigenvalue weighted by atomic mass is 9.79.